The Bertz CT molecular complexity index is 173. The lowest BCUT2D eigenvalue weighted by atomic mass is 9.93. The van der Waals surface area contributed by atoms with Crippen molar-refractivity contribution in [2.75, 3.05) is 19.6 Å². The average Bonchev–Trinajstić information content (AvgIpc) is 2.65. The highest BCUT2D eigenvalue weighted by Crippen LogP contribution is 2.24. The molecule has 0 radical (unpaired) electrons. The maximum atomic E-state index is 3.55. The molecule has 0 aromatic heterocycles. The topological polar surface area (TPSA) is 15.3 Å². The molecule has 2 nitrogen and oxygen atoms in total. The van der Waals surface area contributed by atoms with Gasteiger partial charge >= 0.3 is 0 Å². The Morgan fingerprint density at radius 1 is 1.29 bits per heavy atom. The molecule has 0 amide bonds. The van der Waals surface area contributed by atoms with E-state index in [0.29, 0.717) is 0 Å². The highest BCUT2D eigenvalue weighted by atomic mass is 15.2. The second-order valence-electron chi connectivity index (χ2n) is 5.09. The lowest BCUT2D eigenvalue weighted by molar-refractivity contribution is 0.138. The number of nitrogens with zero attached hydrogens (tertiary/aromatic N) is 1. The zero-order chi connectivity index (χ0) is 9.97. The van der Waals surface area contributed by atoms with Gasteiger partial charge in [0, 0.05) is 18.6 Å². The van der Waals surface area contributed by atoms with Gasteiger partial charge in [-0.05, 0) is 45.2 Å². The first kappa shape index (κ1) is 10.4. The molecule has 2 fully saturated rings. The number of hydrogen-bond donors (Lipinski definition) is 1. The van der Waals surface area contributed by atoms with Crippen LogP contribution in [0.4, 0.5) is 0 Å². The van der Waals surface area contributed by atoms with Gasteiger partial charge in [-0.3, -0.25) is 4.90 Å². The summed E-state index contributed by atoms with van der Waals surface area (Å²) < 4.78 is 0. The van der Waals surface area contributed by atoms with Crippen molar-refractivity contribution in [3.05, 3.63) is 0 Å². The number of nitrogens with one attached hydrogen (secondary N) is 1. The fraction of sp³-hybridized carbons (Fsp3) is 1.00. The minimum absolute atomic E-state index is 0.740. The molecular weight excluding hydrogens is 172 g/mol. The number of likely N-dealkylation sites (tertiary alicyclic amines) is 1. The van der Waals surface area contributed by atoms with Crippen molar-refractivity contribution in [2.24, 2.45) is 5.92 Å². The maximum Gasteiger partial charge on any atom is 0.0235 e. The van der Waals surface area contributed by atoms with Gasteiger partial charge in [-0.15, -0.1) is 0 Å². The third-order valence-electron chi connectivity index (χ3n) is 4.07. The summed E-state index contributed by atoms with van der Waals surface area (Å²) in [6.07, 6.45) is 5.60. The smallest absolute Gasteiger partial charge is 0.0235 e. The summed E-state index contributed by atoms with van der Waals surface area (Å²) in [5.41, 5.74) is 0. The Labute approximate surface area is 88.1 Å². The Morgan fingerprint density at radius 2 is 2.00 bits per heavy atom. The molecule has 2 rings (SSSR count). The molecule has 0 saturated carbocycles. The summed E-state index contributed by atoms with van der Waals surface area (Å²) in [6.45, 7) is 8.55. The van der Waals surface area contributed by atoms with E-state index in [2.05, 4.69) is 24.1 Å². The molecule has 2 heteroatoms. The molecule has 0 aliphatic carbocycles. The average molecular weight is 196 g/mol. The van der Waals surface area contributed by atoms with Gasteiger partial charge < -0.3 is 5.32 Å². The molecular formula is C12H24N2. The van der Waals surface area contributed by atoms with E-state index in [1.807, 2.05) is 0 Å². The summed E-state index contributed by atoms with van der Waals surface area (Å²) in [5.74, 6) is 1.01. The van der Waals surface area contributed by atoms with Crippen molar-refractivity contribution in [3.8, 4) is 0 Å². The van der Waals surface area contributed by atoms with Gasteiger partial charge in [-0.2, -0.15) is 0 Å². The molecule has 2 heterocycles. The third-order valence-corrected chi connectivity index (χ3v) is 4.07. The van der Waals surface area contributed by atoms with Crippen molar-refractivity contribution in [3.63, 3.8) is 0 Å². The summed E-state index contributed by atoms with van der Waals surface area (Å²) in [7, 11) is 0. The van der Waals surface area contributed by atoms with Gasteiger partial charge in [-0.1, -0.05) is 13.3 Å². The fourth-order valence-electron chi connectivity index (χ4n) is 2.92. The van der Waals surface area contributed by atoms with Crippen LogP contribution < -0.4 is 5.32 Å². The van der Waals surface area contributed by atoms with E-state index < -0.39 is 0 Å². The molecule has 82 valence electrons. The van der Waals surface area contributed by atoms with E-state index in [-0.39, 0.29) is 0 Å². The molecule has 0 aromatic carbocycles. The second kappa shape index (κ2) is 4.63. The molecule has 2 aliphatic heterocycles. The minimum Gasteiger partial charge on any atom is -0.313 e. The molecule has 0 aromatic rings. The maximum absolute atomic E-state index is 3.55. The van der Waals surface area contributed by atoms with E-state index in [0.717, 1.165) is 18.0 Å². The Balaban J connectivity index is 1.78. The van der Waals surface area contributed by atoms with Crippen LogP contribution in [0.2, 0.25) is 0 Å². The van der Waals surface area contributed by atoms with Crippen LogP contribution in [0.5, 0.6) is 0 Å². The summed E-state index contributed by atoms with van der Waals surface area (Å²) in [5, 5.41) is 3.55. The van der Waals surface area contributed by atoms with Crippen LogP contribution in [0.1, 0.15) is 39.5 Å². The lowest BCUT2D eigenvalue weighted by Crippen LogP contribution is -2.42. The summed E-state index contributed by atoms with van der Waals surface area (Å²) in [6, 6.07) is 1.58. The molecule has 2 aliphatic rings. The monoisotopic (exact) mass is 196 g/mol. The first-order chi connectivity index (χ1) is 6.79. The summed E-state index contributed by atoms with van der Waals surface area (Å²) >= 11 is 0. The van der Waals surface area contributed by atoms with Gasteiger partial charge in [0.2, 0.25) is 0 Å². The predicted molar refractivity (Wildman–Crippen MR) is 60.5 cm³/mol. The molecule has 0 spiro atoms. The second-order valence-corrected chi connectivity index (χ2v) is 5.09. The Morgan fingerprint density at radius 3 is 2.50 bits per heavy atom. The largest absolute Gasteiger partial charge is 0.313 e. The van der Waals surface area contributed by atoms with Crippen LogP contribution in [0.3, 0.4) is 0 Å². The Hall–Kier alpha value is -0.0800. The number of hydrogen-bond acceptors (Lipinski definition) is 2. The van der Waals surface area contributed by atoms with E-state index in [1.165, 1.54) is 45.3 Å². The molecule has 14 heavy (non-hydrogen) atoms. The Kier molecular flexibility index (Phi) is 3.45. The lowest BCUT2D eigenvalue weighted by Gasteiger charge is -2.35. The molecule has 2 saturated heterocycles. The first-order valence-corrected chi connectivity index (χ1v) is 6.27. The molecule has 2 unspecified atom stereocenters. The van der Waals surface area contributed by atoms with Crippen molar-refractivity contribution in [2.45, 2.75) is 51.6 Å². The molecule has 0 bridgehead atoms. The van der Waals surface area contributed by atoms with E-state index in [1.54, 1.807) is 0 Å². The summed E-state index contributed by atoms with van der Waals surface area (Å²) in [4.78, 5) is 2.71. The van der Waals surface area contributed by atoms with Crippen molar-refractivity contribution >= 4 is 0 Å². The van der Waals surface area contributed by atoms with Gasteiger partial charge in [0.1, 0.15) is 0 Å². The van der Waals surface area contributed by atoms with Crippen molar-refractivity contribution in [1.29, 1.82) is 0 Å². The van der Waals surface area contributed by atoms with E-state index in [9.17, 15) is 0 Å². The number of rotatable bonds is 2. The van der Waals surface area contributed by atoms with Gasteiger partial charge in [-0.25, -0.2) is 0 Å². The van der Waals surface area contributed by atoms with Crippen LogP contribution in [-0.2, 0) is 0 Å². The quantitative estimate of drug-likeness (QED) is 0.725. The zero-order valence-corrected chi connectivity index (χ0v) is 9.63. The highest BCUT2D eigenvalue weighted by molar-refractivity contribution is 4.87. The van der Waals surface area contributed by atoms with Crippen LogP contribution >= 0.6 is 0 Å². The van der Waals surface area contributed by atoms with Gasteiger partial charge in [0.15, 0.2) is 0 Å². The van der Waals surface area contributed by atoms with Crippen LogP contribution in [-0.4, -0.2) is 36.6 Å². The van der Waals surface area contributed by atoms with Crippen LogP contribution in [0.15, 0.2) is 0 Å². The molecule has 1 N–H and O–H groups in total. The standard InChI is InChI=1S/C12H24N2/c1-3-11-4-6-14(7-5-11)12-8-10(2)13-9-12/h10-13H,3-9H2,1-2H3. The third kappa shape index (κ3) is 2.29. The SMILES string of the molecule is CCC1CCN(C2CNC(C)C2)CC1. The fourth-order valence-corrected chi connectivity index (χ4v) is 2.92. The van der Waals surface area contributed by atoms with E-state index >= 15 is 0 Å². The normalized spacial score (nSPS) is 36.4. The van der Waals surface area contributed by atoms with Crippen LogP contribution in [0, 0.1) is 5.92 Å². The van der Waals surface area contributed by atoms with Gasteiger partial charge in [0.25, 0.3) is 0 Å². The number of piperidine rings is 1. The predicted octanol–water partition coefficient (Wildman–Crippen LogP) is 1.86. The highest BCUT2D eigenvalue weighted by Gasteiger charge is 2.28. The van der Waals surface area contributed by atoms with Crippen LogP contribution in [0.25, 0.3) is 0 Å². The zero-order valence-electron chi connectivity index (χ0n) is 9.63. The van der Waals surface area contributed by atoms with Crippen molar-refractivity contribution < 1.29 is 0 Å². The first-order valence-electron chi connectivity index (χ1n) is 6.27. The van der Waals surface area contributed by atoms with Gasteiger partial charge in [0.05, 0.1) is 0 Å². The van der Waals surface area contributed by atoms with Crippen molar-refractivity contribution in [1.82, 2.24) is 10.2 Å². The van der Waals surface area contributed by atoms with E-state index in [4.69, 9.17) is 0 Å². The minimum atomic E-state index is 0.740. The molecule has 2 atom stereocenters.